The Morgan fingerprint density at radius 1 is 1.22 bits per heavy atom. The van der Waals surface area contributed by atoms with Crippen molar-refractivity contribution in [3.05, 3.63) is 41.5 Å². The van der Waals surface area contributed by atoms with E-state index in [0.29, 0.717) is 35.3 Å². The number of benzene rings is 1. The average molecular weight is 681 g/mol. The van der Waals surface area contributed by atoms with Crippen LogP contribution < -0.4 is 21.9 Å². The molecular formula is C26H32N8O10S2. The Balaban J connectivity index is 1.45. The van der Waals surface area contributed by atoms with Gasteiger partial charge in [0.2, 0.25) is 0 Å². The molecule has 2 aromatic heterocycles. The van der Waals surface area contributed by atoms with Gasteiger partial charge in [-0.3, -0.25) is 18.8 Å². The molecule has 0 aliphatic carbocycles. The summed E-state index contributed by atoms with van der Waals surface area (Å²) in [5.74, 6) is -3.56. The molecule has 3 aromatic rings. The third kappa shape index (κ3) is 7.95. The number of carboxylic acid groups (broad SMARTS) is 1. The molecule has 0 saturated carbocycles. The summed E-state index contributed by atoms with van der Waals surface area (Å²) < 4.78 is 42.8. The maximum atomic E-state index is 13.3. The number of hydrogen-bond donors (Lipinski definition) is 5. The molecule has 1 amide bonds. The number of rotatable bonds is 16. The first-order valence-electron chi connectivity index (χ1n) is 13.6. The van der Waals surface area contributed by atoms with Gasteiger partial charge in [0.15, 0.2) is 22.4 Å². The second kappa shape index (κ2) is 13.8. The maximum Gasteiger partial charge on any atom is 0.418 e. The van der Waals surface area contributed by atoms with Crippen LogP contribution in [0.4, 0.5) is 10.9 Å². The Morgan fingerprint density at radius 3 is 2.48 bits per heavy atom. The van der Waals surface area contributed by atoms with Gasteiger partial charge in [0, 0.05) is 30.1 Å². The highest BCUT2D eigenvalue weighted by Gasteiger charge is 2.57. The fourth-order valence-corrected chi connectivity index (χ4v) is 5.48. The van der Waals surface area contributed by atoms with E-state index in [4.69, 9.17) is 31.3 Å². The van der Waals surface area contributed by atoms with Crippen molar-refractivity contribution in [3.8, 4) is 16.9 Å². The van der Waals surface area contributed by atoms with Gasteiger partial charge in [-0.25, -0.2) is 9.78 Å². The Morgan fingerprint density at radius 2 is 1.91 bits per heavy atom. The van der Waals surface area contributed by atoms with Crippen molar-refractivity contribution in [2.75, 3.05) is 24.6 Å². The Hall–Kier alpha value is -4.63. The predicted molar refractivity (Wildman–Crippen MR) is 163 cm³/mol. The minimum Gasteiger partial charge on any atom is -0.489 e. The summed E-state index contributed by atoms with van der Waals surface area (Å²) in [6, 6.07) is 6.65. The number of carbonyl (C=O) groups is 3. The van der Waals surface area contributed by atoms with E-state index in [0.717, 1.165) is 23.3 Å². The third-order valence-electron chi connectivity index (χ3n) is 6.96. The summed E-state index contributed by atoms with van der Waals surface area (Å²) in [7, 11) is -4.99. The maximum absolute atomic E-state index is 13.3. The van der Waals surface area contributed by atoms with Crippen LogP contribution in [0.25, 0.3) is 11.1 Å². The van der Waals surface area contributed by atoms with Crippen LogP contribution in [-0.2, 0) is 40.4 Å². The number of aryl methyl sites for hydroxylation is 1. The summed E-state index contributed by atoms with van der Waals surface area (Å²) in [6.45, 7) is 3.46. The summed E-state index contributed by atoms with van der Waals surface area (Å²) in [5, 5.41) is 19.7. The standard InChI is InChI=1S/C26H32N8O10S2/c1-26(2)17(23(36)34(26)44-46(39,40)41)10-19(35)21(18-13-45-25(29)30-18)32-43-20(24(37)38)12-42-15-6-4-14(5-7-15)16-11-33(9-3-8-27)31-22(16)28/h4-7,11,13,17,20H,3,8-10,12,27H2,1-2H3,(H2,28,31)(H2,29,30)(H,37,38)(H,39,40,41)/b32-21-. The number of carbonyl (C=O) groups excluding carboxylic acids is 2. The lowest BCUT2D eigenvalue weighted by atomic mass is 9.74. The molecule has 20 heteroatoms. The van der Waals surface area contributed by atoms with Crippen LogP contribution in [0.15, 0.2) is 41.0 Å². The van der Waals surface area contributed by atoms with Crippen LogP contribution in [0.5, 0.6) is 5.75 Å². The fourth-order valence-electron chi connectivity index (χ4n) is 4.48. The van der Waals surface area contributed by atoms with Crippen LogP contribution in [-0.4, -0.2) is 86.1 Å². The van der Waals surface area contributed by atoms with Gasteiger partial charge in [-0.1, -0.05) is 17.3 Å². The largest absolute Gasteiger partial charge is 0.489 e. The monoisotopic (exact) mass is 680 g/mol. The van der Waals surface area contributed by atoms with Gasteiger partial charge < -0.3 is 31.9 Å². The van der Waals surface area contributed by atoms with Gasteiger partial charge in [0.05, 0.1) is 11.5 Å². The molecule has 3 heterocycles. The van der Waals surface area contributed by atoms with Crippen molar-refractivity contribution in [1.82, 2.24) is 19.8 Å². The molecule has 0 spiro atoms. The van der Waals surface area contributed by atoms with Crippen molar-refractivity contribution in [2.24, 2.45) is 16.8 Å². The number of hydroxylamine groups is 2. The number of oxime groups is 1. The SMILES string of the molecule is CC1(C)C(CC(=O)/C(=N\OC(COc2ccc(-c3cn(CCCN)nc3N)cc2)C(=O)O)c2csc(N)n2)C(=O)N1OS(=O)(=O)O. The molecule has 1 aliphatic rings. The Bertz CT molecular complexity index is 1740. The number of aromatic nitrogens is 3. The molecule has 18 nitrogen and oxygen atoms in total. The molecule has 46 heavy (non-hydrogen) atoms. The molecule has 2 atom stereocenters. The zero-order chi connectivity index (χ0) is 33.8. The Labute approximate surface area is 266 Å². The van der Waals surface area contributed by atoms with E-state index >= 15 is 0 Å². The van der Waals surface area contributed by atoms with Crippen molar-refractivity contribution in [1.29, 1.82) is 0 Å². The topological polar surface area (TPSA) is 278 Å². The lowest BCUT2D eigenvalue weighted by molar-refractivity contribution is -0.228. The zero-order valence-corrected chi connectivity index (χ0v) is 26.2. The lowest BCUT2D eigenvalue weighted by Gasteiger charge is -2.50. The van der Waals surface area contributed by atoms with E-state index in [2.05, 4.69) is 19.5 Å². The summed E-state index contributed by atoms with van der Waals surface area (Å²) in [6.07, 6.45) is 0.362. The van der Waals surface area contributed by atoms with Gasteiger partial charge in [0.25, 0.3) is 12.0 Å². The minimum absolute atomic E-state index is 0.0330. The first-order chi connectivity index (χ1) is 21.6. The number of ketones is 1. The number of hydrogen-bond acceptors (Lipinski definition) is 15. The highest BCUT2D eigenvalue weighted by atomic mass is 32.3. The number of amides is 1. The molecule has 4 rings (SSSR count). The highest BCUT2D eigenvalue weighted by molar-refractivity contribution is 7.80. The molecule has 8 N–H and O–H groups in total. The number of nitrogens with two attached hydrogens (primary N) is 3. The summed E-state index contributed by atoms with van der Waals surface area (Å²) >= 11 is 0.978. The smallest absolute Gasteiger partial charge is 0.418 e. The second-order valence-electron chi connectivity index (χ2n) is 10.6. The van der Waals surface area contributed by atoms with Crippen molar-refractivity contribution in [2.45, 2.75) is 44.9 Å². The molecule has 0 bridgehead atoms. The van der Waals surface area contributed by atoms with Crippen molar-refractivity contribution >= 4 is 56.1 Å². The van der Waals surface area contributed by atoms with Crippen LogP contribution in [0.3, 0.4) is 0 Å². The number of nitrogens with zero attached hydrogens (tertiary/aromatic N) is 5. The first-order valence-corrected chi connectivity index (χ1v) is 15.8. The van der Waals surface area contributed by atoms with E-state index in [1.165, 1.54) is 19.2 Å². The van der Waals surface area contributed by atoms with Crippen LogP contribution in [0, 0.1) is 5.92 Å². The molecule has 1 saturated heterocycles. The van der Waals surface area contributed by atoms with E-state index in [1.807, 2.05) is 0 Å². The average Bonchev–Trinajstić information content (AvgIpc) is 3.59. The van der Waals surface area contributed by atoms with E-state index in [-0.39, 0.29) is 10.8 Å². The van der Waals surface area contributed by atoms with Gasteiger partial charge in [0.1, 0.15) is 18.1 Å². The predicted octanol–water partition coefficient (Wildman–Crippen LogP) is 0.703. The van der Waals surface area contributed by atoms with Gasteiger partial charge in [-0.05, 0) is 44.5 Å². The quantitative estimate of drug-likeness (QED) is 0.0603. The van der Waals surface area contributed by atoms with Gasteiger partial charge >= 0.3 is 16.4 Å². The van der Waals surface area contributed by atoms with Crippen molar-refractivity contribution < 1.29 is 46.3 Å². The van der Waals surface area contributed by atoms with Gasteiger partial charge in [-0.2, -0.15) is 18.6 Å². The van der Waals surface area contributed by atoms with Crippen LogP contribution >= 0.6 is 11.3 Å². The lowest BCUT2D eigenvalue weighted by Crippen LogP contribution is -2.68. The van der Waals surface area contributed by atoms with Gasteiger partial charge in [-0.15, -0.1) is 15.6 Å². The van der Waals surface area contributed by atoms with E-state index < -0.39 is 64.4 Å². The molecule has 0 radical (unpaired) electrons. The number of ether oxygens (including phenoxy) is 1. The number of aliphatic carboxylic acids is 1. The highest BCUT2D eigenvalue weighted by Crippen LogP contribution is 2.40. The molecule has 1 aliphatic heterocycles. The summed E-state index contributed by atoms with van der Waals surface area (Å²) in [4.78, 5) is 47.0. The number of anilines is 2. The summed E-state index contributed by atoms with van der Waals surface area (Å²) in [5.41, 5.74) is 17.0. The zero-order valence-electron chi connectivity index (χ0n) is 24.6. The van der Waals surface area contributed by atoms with E-state index in [9.17, 15) is 27.9 Å². The second-order valence-corrected chi connectivity index (χ2v) is 12.5. The molecule has 2 unspecified atom stereocenters. The fraction of sp³-hybridized carbons (Fsp3) is 0.385. The number of thiazole rings is 1. The number of nitrogen functional groups attached to an aromatic ring is 2. The minimum atomic E-state index is -4.99. The molecule has 1 fully saturated rings. The van der Waals surface area contributed by atoms with Crippen molar-refractivity contribution in [3.63, 3.8) is 0 Å². The normalized spacial score (nSPS) is 17.0. The molecular weight excluding hydrogens is 648 g/mol. The van der Waals surface area contributed by atoms with E-state index in [1.54, 1.807) is 35.1 Å². The number of β-lactam (4-membered cyclic amide) rings is 1. The molecule has 248 valence electrons. The van der Waals surface area contributed by atoms with Crippen LogP contribution in [0.1, 0.15) is 32.4 Å². The number of carboxylic acids is 1. The van der Waals surface area contributed by atoms with Crippen LogP contribution in [0.2, 0.25) is 0 Å². The Kier molecular flexibility index (Phi) is 10.3. The third-order valence-corrected chi connectivity index (χ3v) is 7.97. The molecule has 1 aromatic carbocycles. The number of Topliss-reactive ketones (excluding diaryl/α,β-unsaturated/α-hetero) is 1. The first kappa shape index (κ1) is 34.2.